The van der Waals surface area contributed by atoms with E-state index in [9.17, 15) is 9.59 Å². The van der Waals surface area contributed by atoms with Crippen LogP contribution in [0.15, 0.2) is 41.6 Å². The molecule has 6 heteroatoms. The van der Waals surface area contributed by atoms with E-state index in [-0.39, 0.29) is 12.0 Å². The first-order valence-corrected chi connectivity index (χ1v) is 9.33. The SMILES string of the molecule is CCOC(=O)C1=C(CN2CCCCC2)N(C)C(=O)N[C@H]1c1ccccc1. The standard InChI is InChI=1S/C20H27N3O3/c1-3-26-19(24)17-16(14-23-12-8-5-9-13-23)22(2)20(25)21-18(17)15-10-6-4-7-11-15/h4,6-7,10-11,18H,3,5,8-9,12-14H2,1-2H3,(H,21,25)/t18-/m0/s1. The number of ether oxygens (including phenoxy) is 1. The molecule has 0 aliphatic carbocycles. The quantitative estimate of drug-likeness (QED) is 0.823. The number of carbonyl (C=O) groups is 2. The van der Waals surface area contributed by atoms with Crippen molar-refractivity contribution < 1.29 is 14.3 Å². The lowest BCUT2D eigenvalue weighted by atomic mass is 9.94. The molecular weight excluding hydrogens is 330 g/mol. The van der Waals surface area contributed by atoms with Crippen molar-refractivity contribution in [3.05, 3.63) is 47.2 Å². The Balaban J connectivity index is 2.02. The van der Waals surface area contributed by atoms with Crippen molar-refractivity contribution in [2.24, 2.45) is 0 Å². The van der Waals surface area contributed by atoms with Crippen LogP contribution in [-0.2, 0) is 9.53 Å². The average molecular weight is 357 g/mol. The van der Waals surface area contributed by atoms with Gasteiger partial charge in [0.05, 0.1) is 18.2 Å². The summed E-state index contributed by atoms with van der Waals surface area (Å²) < 4.78 is 5.34. The van der Waals surface area contributed by atoms with Crippen LogP contribution < -0.4 is 5.32 Å². The van der Waals surface area contributed by atoms with Gasteiger partial charge in [-0.2, -0.15) is 0 Å². The van der Waals surface area contributed by atoms with Crippen molar-refractivity contribution in [1.82, 2.24) is 15.1 Å². The van der Waals surface area contributed by atoms with Crippen LogP contribution in [0.5, 0.6) is 0 Å². The van der Waals surface area contributed by atoms with Gasteiger partial charge in [0.2, 0.25) is 0 Å². The number of likely N-dealkylation sites (N-methyl/N-ethyl adjacent to an activating group) is 1. The number of carbonyl (C=O) groups excluding carboxylic acids is 2. The molecule has 0 aromatic heterocycles. The van der Waals surface area contributed by atoms with Crippen molar-refractivity contribution in [3.8, 4) is 0 Å². The number of piperidine rings is 1. The van der Waals surface area contributed by atoms with E-state index in [0.717, 1.165) is 37.2 Å². The first-order valence-electron chi connectivity index (χ1n) is 9.33. The molecule has 140 valence electrons. The zero-order chi connectivity index (χ0) is 18.5. The summed E-state index contributed by atoms with van der Waals surface area (Å²) in [6.07, 6.45) is 3.54. The predicted octanol–water partition coefficient (Wildman–Crippen LogP) is 2.69. The normalized spacial score (nSPS) is 21.5. The van der Waals surface area contributed by atoms with E-state index in [1.54, 1.807) is 18.9 Å². The van der Waals surface area contributed by atoms with E-state index in [1.807, 2.05) is 30.3 Å². The summed E-state index contributed by atoms with van der Waals surface area (Å²) in [5.74, 6) is -0.361. The van der Waals surface area contributed by atoms with Crippen LogP contribution in [0.1, 0.15) is 37.8 Å². The van der Waals surface area contributed by atoms with Gasteiger partial charge in [-0.05, 0) is 38.4 Å². The number of likely N-dealkylation sites (tertiary alicyclic amines) is 1. The summed E-state index contributed by atoms with van der Waals surface area (Å²) in [6.45, 7) is 4.67. The number of hydrogen-bond acceptors (Lipinski definition) is 4. The summed E-state index contributed by atoms with van der Waals surface area (Å²) in [4.78, 5) is 29.2. The van der Waals surface area contributed by atoms with Gasteiger partial charge in [0.25, 0.3) is 0 Å². The number of nitrogens with zero attached hydrogens (tertiary/aromatic N) is 2. The maximum Gasteiger partial charge on any atom is 0.338 e. The smallest absolute Gasteiger partial charge is 0.338 e. The molecule has 0 saturated carbocycles. The zero-order valence-corrected chi connectivity index (χ0v) is 15.5. The molecule has 2 amide bonds. The molecule has 0 bridgehead atoms. The van der Waals surface area contributed by atoms with Crippen LogP contribution >= 0.6 is 0 Å². The van der Waals surface area contributed by atoms with Crippen molar-refractivity contribution in [2.75, 3.05) is 33.3 Å². The Morgan fingerprint density at radius 3 is 2.54 bits per heavy atom. The van der Waals surface area contributed by atoms with Crippen molar-refractivity contribution in [1.29, 1.82) is 0 Å². The summed E-state index contributed by atoms with van der Waals surface area (Å²) in [7, 11) is 1.72. The highest BCUT2D eigenvalue weighted by Gasteiger charge is 2.37. The number of amides is 2. The summed E-state index contributed by atoms with van der Waals surface area (Å²) >= 11 is 0. The second-order valence-electron chi connectivity index (χ2n) is 6.77. The third-order valence-corrected chi connectivity index (χ3v) is 5.03. The molecule has 1 fully saturated rings. The number of nitrogens with one attached hydrogen (secondary N) is 1. The van der Waals surface area contributed by atoms with Crippen molar-refractivity contribution >= 4 is 12.0 Å². The Labute approximate surface area is 154 Å². The zero-order valence-electron chi connectivity index (χ0n) is 15.5. The first-order chi connectivity index (χ1) is 12.6. The molecule has 2 heterocycles. The molecule has 2 aliphatic heterocycles. The third kappa shape index (κ3) is 3.90. The Bertz CT molecular complexity index is 681. The maximum atomic E-state index is 12.8. The maximum absolute atomic E-state index is 12.8. The van der Waals surface area contributed by atoms with Crippen molar-refractivity contribution in [2.45, 2.75) is 32.2 Å². The Kier molecular flexibility index (Phi) is 5.93. The van der Waals surface area contributed by atoms with Gasteiger partial charge in [-0.15, -0.1) is 0 Å². The molecule has 3 rings (SSSR count). The van der Waals surface area contributed by atoms with Gasteiger partial charge in [-0.25, -0.2) is 9.59 Å². The molecule has 2 aliphatic rings. The van der Waals surface area contributed by atoms with E-state index in [1.165, 1.54) is 6.42 Å². The Hall–Kier alpha value is -2.34. The second kappa shape index (κ2) is 8.36. The number of urea groups is 1. The average Bonchev–Trinajstić information content (AvgIpc) is 2.67. The molecule has 26 heavy (non-hydrogen) atoms. The number of rotatable bonds is 5. The van der Waals surface area contributed by atoms with Gasteiger partial charge in [0.1, 0.15) is 0 Å². The minimum atomic E-state index is -0.487. The van der Waals surface area contributed by atoms with E-state index < -0.39 is 6.04 Å². The second-order valence-corrected chi connectivity index (χ2v) is 6.77. The largest absolute Gasteiger partial charge is 0.463 e. The molecule has 0 radical (unpaired) electrons. The fourth-order valence-corrected chi connectivity index (χ4v) is 3.62. The lowest BCUT2D eigenvalue weighted by Gasteiger charge is -2.37. The lowest BCUT2D eigenvalue weighted by Crippen LogP contribution is -2.49. The molecule has 1 N–H and O–H groups in total. The summed E-state index contributed by atoms with van der Waals surface area (Å²) in [6, 6.07) is 8.91. The molecule has 0 spiro atoms. The van der Waals surface area contributed by atoms with Crippen molar-refractivity contribution in [3.63, 3.8) is 0 Å². The van der Waals surface area contributed by atoms with Crippen LogP contribution in [-0.4, -0.2) is 55.1 Å². The Morgan fingerprint density at radius 2 is 1.88 bits per heavy atom. The van der Waals surface area contributed by atoms with Crippen LogP contribution in [0.3, 0.4) is 0 Å². The van der Waals surface area contributed by atoms with Crippen LogP contribution in [0.25, 0.3) is 0 Å². The Morgan fingerprint density at radius 1 is 1.19 bits per heavy atom. The minimum absolute atomic E-state index is 0.195. The highest BCUT2D eigenvalue weighted by molar-refractivity contribution is 5.95. The van der Waals surface area contributed by atoms with Crippen LogP contribution in [0, 0.1) is 0 Å². The highest BCUT2D eigenvalue weighted by atomic mass is 16.5. The fourth-order valence-electron chi connectivity index (χ4n) is 3.62. The molecule has 1 aromatic rings. The molecule has 1 saturated heterocycles. The summed E-state index contributed by atoms with van der Waals surface area (Å²) in [5, 5.41) is 2.95. The van der Waals surface area contributed by atoms with Gasteiger partial charge in [0, 0.05) is 19.3 Å². The van der Waals surface area contributed by atoms with Gasteiger partial charge >= 0.3 is 12.0 Å². The molecule has 6 nitrogen and oxygen atoms in total. The minimum Gasteiger partial charge on any atom is -0.463 e. The number of esters is 1. The number of hydrogen-bond donors (Lipinski definition) is 1. The van der Waals surface area contributed by atoms with Gasteiger partial charge in [0.15, 0.2) is 0 Å². The van der Waals surface area contributed by atoms with Gasteiger partial charge in [-0.3, -0.25) is 9.80 Å². The first kappa shape index (κ1) is 18.5. The topological polar surface area (TPSA) is 61.9 Å². The molecule has 1 aromatic carbocycles. The van der Waals surface area contributed by atoms with E-state index in [4.69, 9.17) is 4.74 Å². The lowest BCUT2D eigenvalue weighted by molar-refractivity contribution is -0.139. The van der Waals surface area contributed by atoms with E-state index in [2.05, 4.69) is 10.2 Å². The highest BCUT2D eigenvalue weighted by Crippen LogP contribution is 2.31. The van der Waals surface area contributed by atoms with E-state index >= 15 is 0 Å². The van der Waals surface area contributed by atoms with Crippen LogP contribution in [0.4, 0.5) is 4.79 Å². The van der Waals surface area contributed by atoms with E-state index in [0.29, 0.717) is 18.7 Å². The van der Waals surface area contributed by atoms with Gasteiger partial charge < -0.3 is 10.1 Å². The predicted molar refractivity (Wildman–Crippen MR) is 99.4 cm³/mol. The summed E-state index contributed by atoms with van der Waals surface area (Å²) in [5.41, 5.74) is 2.15. The van der Waals surface area contributed by atoms with Crippen LogP contribution in [0.2, 0.25) is 0 Å². The fraction of sp³-hybridized carbons (Fsp3) is 0.500. The monoisotopic (exact) mass is 357 g/mol. The molecule has 0 unspecified atom stereocenters. The molecule has 1 atom stereocenters. The number of benzene rings is 1. The van der Waals surface area contributed by atoms with Gasteiger partial charge in [-0.1, -0.05) is 36.8 Å². The third-order valence-electron chi connectivity index (χ3n) is 5.03. The molecular formula is C20H27N3O3.